The number of anilines is 3. The minimum Gasteiger partial charge on any atom is -0.397 e. The number of fused-ring (bicyclic) bond motifs is 5. The van der Waals surface area contributed by atoms with Gasteiger partial charge in [0.1, 0.15) is 5.82 Å². The maximum absolute atomic E-state index is 13.6. The molecule has 0 unspecified atom stereocenters. The highest BCUT2D eigenvalue weighted by molar-refractivity contribution is 6.01. The van der Waals surface area contributed by atoms with Crippen molar-refractivity contribution in [2.45, 2.75) is 0 Å². The lowest BCUT2D eigenvalue weighted by molar-refractivity contribution is 0.628. The molecule has 0 aromatic heterocycles. The first-order valence-corrected chi connectivity index (χ1v) is 6.79. The molecule has 3 aromatic carbocycles. The molecule has 1 aliphatic heterocycles. The van der Waals surface area contributed by atoms with E-state index in [1.165, 1.54) is 12.1 Å². The normalized spacial score (nSPS) is 11.7. The number of para-hydroxylation sites is 1. The largest absolute Gasteiger partial charge is 0.397 e. The number of rotatable bonds is 0. The Morgan fingerprint density at radius 3 is 2.29 bits per heavy atom. The zero-order chi connectivity index (χ0) is 14.4. The molecule has 0 amide bonds. The second-order valence-corrected chi connectivity index (χ2v) is 5.13. The van der Waals surface area contributed by atoms with E-state index in [4.69, 9.17) is 5.73 Å². The molecule has 102 valence electrons. The van der Waals surface area contributed by atoms with Crippen molar-refractivity contribution in [3.8, 4) is 22.3 Å². The van der Waals surface area contributed by atoms with Gasteiger partial charge in [0.05, 0.1) is 11.4 Å². The molecule has 0 bridgehead atoms. The Morgan fingerprint density at radius 1 is 0.762 bits per heavy atom. The number of nitrogens with one attached hydrogen (secondary N) is 1. The molecule has 21 heavy (non-hydrogen) atoms. The summed E-state index contributed by atoms with van der Waals surface area (Å²) in [7, 11) is 0. The second-order valence-electron chi connectivity index (χ2n) is 5.13. The van der Waals surface area contributed by atoms with E-state index >= 15 is 0 Å². The van der Waals surface area contributed by atoms with E-state index in [2.05, 4.69) is 11.4 Å². The van der Waals surface area contributed by atoms with Gasteiger partial charge in [-0.05, 0) is 35.4 Å². The molecule has 4 rings (SSSR count). The Labute approximate surface area is 122 Å². The number of benzene rings is 3. The monoisotopic (exact) mass is 276 g/mol. The van der Waals surface area contributed by atoms with Crippen molar-refractivity contribution in [3.05, 3.63) is 66.5 Å². The van der Waals surface area contributed by atoms with E-state index in [-0.39, 0.29) is 5.82 Å². The van der Waals surface area contributed by atoms with Crippen LogP contribution in [-0.4, -0.2) is 0 Å². The fraction of sp³-hybridized carbons (Fsp3) is 0. The van der Waals surface area contributed by atoms with Crippen LogP contribution in [-0.2, 0) is 0 Å². The van der Waals surface area contributed by atoms with Crippen LogP contribution in [0, 0.1) is 5.82 Å². The van der Waals surface area contributed by atoms with Crippen LogP contribution < -0.4 is 11.1 Å². The third-order valence-corrected chi connectivity index (χ3v) is 3.85. The number of halogens is 1. The van der Waals surface area contributed by atoms with Crippen molar-refractivity contribution < 1.29 is 4.39 Å². The number of hydrogen-bond acceptors (Lipinski definition) is 2. The van der Waals surface area contributed by atoms with Gasteiger partial charge >= 0.3 is 0 Å². The quantitative estimate of drug-likeness (QED) is 0.453. The summed E-state index contributed by atoms with van der Waals surface area (Å²) >= 11 is 0. The third kappa shape index (κ3) is 1.78. The van der Waals surface area contributed by atoms with Gasteiger partial charge in [0.25, 0.3) is 0 Å². The Balaban J connectivity index is 2.13. The first-order chi connectivity index (χ1) is 10.2. The van der Waals surface area contributed by atoms with Crippen molar-refractivity contribution >= 4 is 17.1 Å². The van der Waals surface area contributed by atoms with Crippen LogP contribution in [0.3, 0.4) is 0 Å². The maximum Gasteiger partial charge on any atom is 0.125 e. The first kappa shape index (κ1) is 12.0. The van der Waals surface area contributed by atoms with Crippen LogP contribution in [0.5, 0.6) is 0 Å². The molecule has 2 nitrogen and oxygen atoms in total. The Kier molecular flexibility index (Phi) is 2.48. The van der Waals surface area contributed by atoms with Crippen LogP contribution in [0.1, 0.15) is 0 Å². The number of hydrogen-bond donors (Lipinski definition) is 2. The molecule has 0 spiro atoms. The summed E-state index contributed by atoms with van der Waals surface area (Å²) in [6.07, 6.45) is 0. The average molecular weight is 276 g/mol. The van der Waals surface area contributed by atoms with Crippen LogP contribution >= 0.6 is 0 Å². The van der Waals surface area contributed by atoms with Crippen molar-refractivity contribution in [1.29, 1.82) is 0 Å². The van der Waals surface area contributed by atoms with Gasteiger partial charge in [0.15, 0.2) is 0 Å². The summed E-state index contributed by atoms with van der Waals surface area (Å²) in [5.74, 6) is -0.267. The second kappa shape index (κ2) is 4.35. The summed E-state index contributed by atoms with van der Waals surface area (Å²) < 4.78 is 13.6. The van der Waals surface area contributed by atoms with Crippen molar-refractivity contribution in [1.82, 2.24) is 0 Å². The fourth-order valence-electron chi connectivity index (χ4n) is 2.88. The highest BCUT2D eigenvalue weighted by Gasteiger charge is 2.20. The van der Waals surface area contributed by atoms with Gasteiger partial charge in [-0.25, -0.2) is 4.39 Å². The molecule has 0 radical (unpaired) electrons. The van der Waals surface area contributed by atoms with Crippen molar-refractivity contribution in [3.63, 3.8) is 0 Å². The molecule has 1 heterocycles. The summed E-state index contributed by atoms with van der Waals surface area (Å²) in [4.78, 5) is 0. The lowest BCUT2D eigenvalue weighted by atomic mass is 9.94. The standard InChI is InChI=1S/C18H13FN2/c19-11-8-9-14-12-4-1-2-5-13(12)15-6-3-7-16(20)18(15)21-17(14)10-11/h1-10,21H,20H2. The third-order valence-electron chi connectivity index (χ3n) is 3.85. The van der Waals surface area contributed by atoms with Gasteiger partial charge in [-0.3, -0.25) is 0 Å². The molecule has 1 aliphatic rings. The van der Waals surface area contributed by atoms with Crippen molar-refractivity contribution in [2.24, 2.45) is 0 Å². The highest BCUT2D eigenvalue weighted by atomic mass is 19.1. The van der Waals surface area contributed by atoms with Crippen LogP contribution in [0.2, 0.25) is 0 Å². The molecule has 0 aliphatic carbocycles. The van der Waals surface area contributed by atoms with Gasteiger partial charge in [-0.15, -0.1) is 0 Å². The number of nitrogen functional groups attached to an aromatic ring is 1. The average Bonchev–Trinajstić information content (AvgIpc) is 2.63. The van der Waals surface area contributed by atoms with Crippen LogP contribution in [0.15, 0.2) is 60.7 Å². The fourth-order valence-corrected chi connectivity index (χ4v) is 2.88. The minimum atomic E-state index is -0.267. The topological polar surface area (TPSA) is 38.0 Å². The highest BCUT2D eigenvalue weighted by Crippen LogP contribution is 2.45. The smallest absolute Gasteiger partial charge is 0.125 e. The van der Waals surface area contributed by atoms with E-state index in [0.717, 1.165) is 33.6 Å². The summed E-state index contributed by atoms with van der Waals surface area (Å²) in [5.41, 5.74) is 12.5. The maximum atomic E-state index is 13.6. The predicted molar refractivity (Wildman–Crippen MR) is 85.0 cm³/mol. The minimum absolute atomic E-state index is 0.267. The van der Waals surface area contributed by atoms with E-state index in [9.17, 15) is 4.39 Å². The lowest BCUT2D eigenvalue weighted by Gasteiger charge is -2.12. The molecule has 0 saturated carbocycles. The molecule has 3 heteroatoms. The summed E-state index contributed by atoms with van der Waals surface area (Å²) in [6.45, 7) is 0. The first-order valence-electron chi connectivity index (χ1n) is 6.79. The van der Waals surface area contributed by atoms with Gasteiger partial charge in [0, 0.05) is 16.8 Å². The van der Waals surface area contributed by atoms with E-state index < -0.39 is 0 Å². The Bertz CT molecular complexity index is 856. The lowest BCUT2D eigenvalue weighted by Crippen LogP contribution is -1.97. The van der Waals surface area contributed by atoms with Crippen LogP contribution in [0.25, 0.3) is 22.3 Å². The van der Waals surface area contributed by atoms with Gasteiger partial charge in [0.2, 0.25) is 0 Å². The van der Waals surface area contributed by atoms with Gasteiger partial charge in [-0.1, -0.05) is 36.4 Å². The molecule has 0 atom stereocenters. The van der Waals surface area contributed by atoms with E-state index in [0.29, 0.717) is 5.69 Å². The SMILES string of the molecule is Nc1cccc2c1Nc1cc(F)ccc1-c1ccccc1-2. The summed E-state index contributed by atoms with van der Waals surface area (Å²) in [5, 5.41) is 3.29. The van der Waals surface area contributed by atoms with Crippen molar-refractivity contribution in [2.75, 3.05) is 11.1 Å². The zero-order valence-electron chi connectivity index (χ0n) is 11.2. The predicted octanol–water partition coefficient (Wildman–Crippen LogP) is 4.80. The molecule has 0 fully saturated rings. The summed E-state index contributed by atoms with van der Waals surface area (Å²) in [6, 6.07) is 18.7. The van der Waals surface area contributed by atoms with Crippen LogP contribution in [0.4, 0.5) is 21.5 Å². The molecule has 0 saturated heterocycles. The Hall–Kier alpha value is -2.81. The molecular formula is C18H13FN2. The molecule has 3 aromatic rings. The number of nitrogens with two attached hydrogens (primary N) is 1. The van der Waals surface area contributed by atoms with Gasteiger partial charge < -0.3 is 11.1 Å². The molecular weight excluding hydrogens is 263 g/mol. The Morgan fingerprint density at radius 2 is 1.48 bits per heavy atom. The van der Waals surface area contributed by atoms with E-state index in [1.54, 1.807) is 6.07 Å². The molecule has 3 N–H and O–H groups in total. The van der Waals surface area contributed by atoms with E-state index in [1.807, 2.05) is 36.4 Å². The zero-order valence-corrected chi connectivity index (χ0v) is 11.2. The van der Waals surface area contributed by atoms with Gasteiger partial charge in [-0.2, -0.15) is 0 Å².